The van der Waals surface area contributed by atoms with Crippen LogP contribution in [0, 0.1) is 5.92 Å². The van der Waals surface area contributed by atoms with E-state index in [0.29, 0.717) is 11.8 Å². The van der Waals surface area contributed by atoms with Gasteiger partial charge in [0.25, 0.3) is 5.88 Å². The molecule has 0 amide bonds. The van der Waals surface area contributed by atoms with Gasteiger partial charge in [-0.05, 0) is 17.5 Å². The van der Waals surface area contributed by atoms with Gasteiger partial charge in [0.1, 0.15) is 0 Å². The van der Waals surface area contributed by atoms with E-state index in [1.165, 1.54) is 0 Å². The zero-order valence-corrected chi connectivity index (χ0v) is 8.36. The van der Waals surface area contributed by atoms with Crippen molar-refractivity contribution < 1.29 is 9.47 Å². The Labute approximate surface area is 83.4 Å². The van der Waals surface area contributed by atoms with Crippen LogP contribution in [0.1, 0.15) is 19.4 Å². The molecule has 2 heterocycles. The van der Waals surface area contributed by atoms with Crippen LogP contribution in [0.4, 0.5) is 0 Å². The highest BCUT2D eigenvalue weighted by atomic mass is 16.7. The Bertz CT molecular complexity index is 358. The van der Waals surface area contributed by atoms with Crippen molar-refractivity contribution in [1.82, 2.24) is 4.98 Å². The van der Waals surface area contributed by atoms with Crippen LogP contribution in [0.15, 0.2) is 18.3 Å². The monoisotopic (exact) mass is 191 g/mol. The third kappa shape index (κ3) is 1.87. The van der Waals surface area contributed by atoms with Gasteiger partial charge in [-0.2, -0.15) is 0 Å². The van der Waals surface area contributed by atoms with Gasteiger partial charge in [0.05, 0.1) is 0 Å². The van der Waals surface area contributed by atoms with Crippen LogP contribution < -0.4 is 9.47 Å². The highest BCUT2D eigenvalue weighted by molar-refractivity contribution is 5.53. The maximum atomic E-state index is 5.23. The van der Waals surface area contributed by atoms with E-state index in [0.717, 1.165) is 11.3 Å². The van der Waals surface area contributed by atoms with E-state index >= 15 is 0 Å². The van der Waals surface area contributed by atoms with Crippen molar-refractivity contribution >= 4 is 6.08 Å². The van der Waals surface area contributed by atoms with Gasteiger partial charge in [0.2, 0.25) is 6.79 Å². The molecule has 0 atom stereocenters. The molecule has 0 unspecified atom stereocenters. The molecule has 0 aromatic carbocycles. The van der Waals surface area contributed by atoms with E-state index in [4.69, 9.17) is 9.47 Å². The summed E-state index contributed by atoms with van der Waals surface area (Å²) >= 11 is 0. The minimum atomic E-state index is 0.277. The Kier molecular flexibility index (Phi) is 2.39. The highest BCUT2D eigenvalue weighted by Crippen LogP contribution is 2.30. The van der Waals surface area contributed by atoms with Gasteiger partial charge in [-0.3, -0.25) is 0 Å². The molecular weight excluding hydrogens is 178 g/mol. The molecule has 1 aromatic heterocycles. The third-order valence-corrected chi connectivity index (χ3v) is 1.92. The summed E-state index contributed by atoms with van der Waals surface area (Å²) in [4.78, 5) is 4.14. The summed E-state index contributed by atoms with van der Waals surface area (Å²) in [5.74, 6) is 1.86. The molecule has 3 nitrogen and oxygen atoms in total. The van der Waals surface area contributed by atoms with E-state index in [-0.39, 0.29) is 6.79 Å². The Morgan fingerprint density at radius 1 is 1.43 bits per heavy atom. The SMILES string of the molecule is CC(C)/C=C/c1cnc2c(c1)OCO2. The Morgan fingerprint density at radius 3 is 3.07 bits per heavy atom. The summed E-state index contributed by atoms with van der Waals surface area (Å²) in [7, 11) is 0. The van der Waals surface area contributed by atoms with Crippen molar-refractivity contribution in [2.24, 2.45) is 5.92 Å². The van der Waals surface area contributed by atoms with Crippen molar-refractivity contribution in [2.75, 3.05) is 6.79 Å². The lowest BCUT2D eigenvalue weighted by molar-refractivity contribution is 0.171. The van der Waals surface area contributed by atoms with Crippen molar-refractivity contribution in [3.63, 3.8) is 0 Å². The fourth-order valence-corrected chi connectivity index (χ4v) is 1.20. The van der Waals surface area contributed by atoms with Crippen molar-refractivity contribution in [3.05, 3.63) is 23.9 Å². The van der Waals surface area contributed by atoms with Crippen molar-refractivity contribution in [1.29, 1.82) is 0 Å². The average molecular weight is 191 g/mol. The first-order valence-electron chi connectivity index (χ1n) is 4.69. The predicted molar refractivity (Wildman–Crippen MR) is 54.2 cm³/mol. The fraction of sp³-hybridized carbons (Fsp3) is 0.364. The summed E-state index contributed by atoms with van der Waals surface area (Å²) in [6.07, 6.45) is 5.95. The van der Waals surface area contributed by atoms with Crippen LogP contribution in [0.2, 0.25) is 0 Å². The Morgan fingerprint density at radius 2 is 2.29 bits per heavy atom. The van der Waals surface area contributed by atoms with Gasteiger partial charge in [0.15, 0.2) is 5.75 Å². The molecule has 0 saturated carbocycles. The van der Waals surface area contributed by atoms with Crippen LogP contribution in [0.3, 0.4) is 0 Å². The number of allylic oxidation sites excluding steroid dienone is 1. The topological polar surface area (TPSA) is 31.4 Å². The molecule has 0 radical (unpaired) electrons. The number of pyridine rings is 1. The lowest BCUT2D eigenvalue weighted by Gasteiger charge is -1.97. The molecule has 0 saturated heterocycles. The van der Waals surface area contributed by atoms with Crippen molar-refractivity contribution in [2.45, 2.75) is 13.8 Å². The minimum absolute atomic E-state index is 0.277. The van der Waals surface area contributed by atoms with Gasteiger partial charge in [-0.15, -0.1) is 0 Å². The van der Waals surface area contributed by atoms with Gasteiger partial charge >= 0.3 is 0 Å². The minimum Gasteiger partial charge on any atom is -0.452 e. The molecule has 14 heavy (non-hydrogen) atoms. The molecule has 1 aromatic rings. The van der Waals surface area contributed by atoms with Gasteiger partial charge < -0.3 is 9.47 Å². The molecule has 1 aliphatic rings. The first-order valence-corrected chi connectivity index (χ1v) is 4.69. The standard InChI is InChI=1S/C11H13NO2/c1-8(2)3-4-9-5-10-11(12-6-9)14-7-13-10/h3-6,8H,7H2,1-2H3/b4-3+. The number of hydrogen-bond donors (Lipinski definition) is 0. The number of aromatic nitrogens is 1. The molecule has 74 valence electrons. The first-order chi connectivity index (χ1) is 6.75. The normalized spacial score (nSPS) is 14.2. The summed E-state index contributed by atoms with van der Waals surface area (Å²) < 4.78 is 10.3. The predicted octanol–water partition coefficient (Wildman–Crippen LogP) is 2.48. The zero-order valence-electron chi connectivity index (χ0n) is 8.36. The molecule has 0 N–H and O–H groups in total. The number of ether oxygens (including phenoxy) is 2. The largest absolute Gasteiger partial charge is 0.452 e. The molecule has 0 aliphatic carbocycles. The molecule has 1 aliphatic heterocycles. The van der Waals surface area contributed by atoms with Crippen LogP contribution in [0.25, 0.3) is 6.08 Å². The van der Waals surface area contributed by atoms with Crippen molar-refractivity contribution in [3.8, 4) is 11.6 Å². The second-order valence-electron chi connectivity index (χ2n) is 3.58. The summed E-state index contributed by atoms with van der Waals surface area (Å²) in [5.41, 5.74) is 1.04. The average Bonchev–Trinajstić information content (AvgIpc) is 2.61. The van der Waals surface area contributed by atoms with Gasteiger partial charge in [0, 0.05) is 6.20 Å². The van der Waals surface area contributed by atoms with E-state index in [1.54, 1.807) is 6.20 Å². The zero-order chi connectivity index (χ0) is 9.97. The summed E-state index contributed by atoms with van der Waals surface area (Å²) in [6.45, 7) is 4.55. The number of nitrogens with zero attached hydrogens (tertiary/aromatic N) is 1. The van der Waals surface area contributed by atoms with Gasteiger partial charge in [-0.25, -0.2) is 4.98 Å². The lowest BCUT2D eigenvalue weighted by Crippen LogP contribution is -1.93. The second kappa shape index (κ2) is 3.70. The fourth-order valence-electron chi connectivity index (χ4n) is 1.20. The second-order valence-corrected chi connectivity index (χ2v) is 3.58. The maximum Gasteiger partial charge on any atom is 0.260 e. The third-order valence-electron chi connectivity index (χ3n) is 1.92. The summed E-state index contributed by atoms with van der Waals surface area (Å²) in [6, 6.07) is 1.94. The lowest BCUT2D eigenvalue weighted by atomic mass is 10.1. The van der Waals surface area contributed by atoms with E-state index in [9.17, 15) is 0 Å². The van der Waals surface area contributed by atoms with Crippen LogP contribution in [0.5, 0.6) is 11.6 Å². The van der Waals surface area contributed by atoms with Crippen LogP contribution in [-0.4, -0.2) is 11.8 Å². The highest BCUT2D eigenvalue weighted by Gasteiger charge is 2.13. The smallest absolute Gasteiger partial charge is 0.260 e. The number of fused-ring (bicyclic) bond motifs is 1. The molecule has 3 heteroatoms. The first kappa shape index (κ1) is 9.06. The molecule has 0 spiro atoms. The number of hydrogen-bond acceptors (Lipinski definition) is 3. The Balaban J connectivity index is 2.20. The Hall–Kier alpha value is -1.51. The maximum absolute atomic E-state index is 5.23. The quantitative estimate of drug-likeness (QED) is 0.719. The summed E-state index contributed by atoms with van der Waals surface area (Å²) in [5, 5.41) is 0. The molecule has 0 fully saturated rings. The molecular formula is C11H13NO2. The number of rotatable bonds is 2. The molecule has 0 bridgehead atoms. The van der Waals surface area contributed by atoms with E-state index in [1.807, 2.05) is 12.1 Å². The van der Waals surface area contributed by atoms with E-state index < -0.39 is 0 Å². The van der Waals surface area contributed by atoms with E-state index in [2.05, 4.69) is 24.9 Å². The molecule has 2 rings (SSSR count). The van der Waals surface area contributed by atoms with Crippen LogP contribution in [-0.2, 0) is 0 Å². The van der Waals surface area contributed by atoms with Gasteiger partial charge in [-0.1, -0.05) is 26.0 Å². The van der Waals surface area contributed by atoms with Crippen LogP contribution >= 0.6 is 0 Å².